The molecule has 2 aromatic heterocycles. The predicted molar refractivity (Wildman–Crippen MR) is 136 cm³/mol. The van der Waals surface area contributed by atoms with Crippen LogP contribution in [0.3, 0.4) is 0 Å². The highest BCUT2D eigenvalue weighted by molar-refractivity contribution is 6.14. The van der Waals surface area contributed by atoms with Gasteiger partial charge < -0.3 is 24.3 Å². The monoisotopic (exact) mass is 446 g/mol. The fourth-order valence-corrected chi connectivity index (χ4v) is 4.69. The van der Waals surface area contributed by atoms with Gasteiger partial charge in [0.15, 0.2) is 5.58 Å². The van der Waals surface area contributed by atoms with Crippen LogP contribution in [0.4, 0.5) is 5.69 Å². The Morgan fingerprint density at radius 1 is 1.12 bits per heavy atom. The standard InChI is InChI=1S/C27H34N4O2/c1-30(2)14-6-13-28-25-21-7-4-5-8-23(21)29-26-22-17-20(9-10-24(22)33-27(25)26)32-18-19-11-15-31(3)16-12-19/h4-5,7-10,17,19H,6,11-16,18H2,1-3H3,(H,28,29). The van der Waals surface area contributed by atoms with Crippen LogP contribution in [0.5, 0.6) is 5.75 Å². The number of aromatic nitrogens is 1. The Kier molecular flexibility index (Phi) is 6.38. The second-order valence-corrected chi connectivity index (χ2v) is 9.58. The van der Waals surface area contributed by atoms with E-state index >= 15 is 0 Å². The minimum atomic E-state index is 0.623. The van der Waals surface area contributed by atoms with Crippen LogP contribution in [-0.2, 0) is 0 Å². The van der Waals surface area contributed by atoms with Crippen LogP contribution in [0.25, 0.3) is 33.0 Å². The van der Waals surface area contributed by atoms with Gasteiger partial charge in [0, 0.05) is 11.9 Å². The van der Waals surface area contributed by atoms with Crippen LogP contribution < -0.4 is 10.1 Å². The van der Waals surface area contributed by atoms with Crippen LogP contribution in [-0.4, -0.2) is 68.7 Å². The van der Waals surface area contributed by atoms with Crippen LogP contribution in [0.15, 0.2) is 46.9 Å². The van der Waals surface area contributed by atoms with E-state index in [1.165, 1.54) is 12.8 Å². The van der Waals surface area contributed by atoms with Gasteiger partial charge in [0.1, 0.15) is 16.8 Å². The van der Waals surface area contributed by atoms with Gasteiger partial charge in [-0.2, -0.15) is 0 Å². The van der Waals surface area contributed by atoms with Crippen molar-refractivity contribution in [1.82, 2.24) is 14.8 Å². The Morgan fingerprint density at radius 3 is 2.76 bits per heavy atom. The zero-order chi connectivity index (χ0) is 22.8. The summed E-state index contributed by atoms with van der Waals surface area (Å²) in [6.07, 6.45) is 3.45. The molecular formula is C27H34N4O2. The maximum absolute atomic E-state index is 6.33. The minimum Gasteiger partial charge on any atom is -0.493 e. The van der Waals surface area contributed by atoms with E-state index < -0.39 is 0 Å². The summed E-state index contributed by atoms with van der Waals surface area (Å²) in [5.74, 6) is 1.51. The molecule has 6 nitrogen and oxygen atoms in total. The van der Waals surface area contributed by atoms with Crippen molar-refractivity contribution in [1.29, 1.82) is 0 Å². The summed E-state index contributed by atoms with van der Waals surface area (Å²) in [7, 11) is 6.40. The number of nitrogens with zero attached hydrogens (tertiary/aromatic N) is 3. The van der Waals surface area contributed by atoms with Gasteiger partial charge in [-0.3, -0.25) is 0 Å². The van der Waals surface area contributed by atoms with Crippen LogP contribution in [0.2, 0.25) is 0 Å². The molecule has 4 aromatic rings. The van der Waals surface area contributed by atoms with E-state index in [1.54, 1.807) is 0 Å². The number of ether oxygens (including phenoxy) is 1. The molecule has 0 spiro atoms. The van der Waals surface area contributed by atoms with Crippen molar-refractivity contribution in [3.63, 3.8) is 0 Å². The van der Waals surface area contributed by atoms with Crippen LogP contribution in [0.1, 0.15) is 19.3 Å². The van der Waals surface area contributed by atoms with E-state index in [0.29, 0.717) is 5.92 Å². The number of fused-ring (bicyclic) bond motifs is 4. The Bertz CT molecular complexity index is 1240. The number of hydrogen-bond acceptors (Lipinski definition) is 6. The number of likely N-dealkylation sites (tertiary alicyclic amines) is 1. The molecule has 0 radical (unpaired) electrons. The number of nitrogens with one attached hydrogen (secondary N) is 1. The fraction of sp³-hybridized carbons (Fsp3) is 0.444. The van der Waals surface area contributed by atoms with Gasteiger partial charge >= 0.3 is 0 Å². The number of furan rings is 1. The van der Waals surface area contributed by atoms with E-state index in [9.17, 15) is 0 Å². The molecule has 1 fully saturated rings. The summed E-state index contributed by atoms with van der Waals surface area (Å²) < 4.78 is 12.6. The smallest absolute Gasteiger partial charge is 0.177 e. The molecule has 0 bridgehead atoms. The molecule has 1 aliphatic rings. The molecule has 33 heavy (non-hydrogen) atoms. The first-order chi connectivity index (χ1) is 16.1. The lowest BCUT2D eigenvalue weighted by molar-refractivity contribution is 0.160. The Morgan fingerprint density at radius 2 is 1.94 bits per heavy atom. The molecule has 1 N–H and O–H groups in total. The zero-order valence-electron chi connectivity index (χ0n) is 19.9. The van der Waals surface area contributed by atoms with Crippen molar-refractivity contribution >= 4 is 38.7 Å². The third-order valence-electron chi connectivity index (χ3n) is 6.67. The number of benzene rings is 2. The molecule has 6 heteroatoms. The second-order valence-electron chi connectivity index (χ2n) is 9.58. The van der Waals surface area contributed by atoms with E-state index in [-0.39, 0.29) is 0 Å². The summed E-state index contributed by atoms with van der Waals surface area (Å²) in [5.41, 5.74) is 4.56. The molecular weight excluding hydrogens is 412 g/mol. The van der Waals surface area contributed by atoms with Gasteiger partial charge in [-0.15, -0.1) is 0 Å². The molecule has 1 aliphatic heterocycles. The number of hydrogen-bond donors (Lipinski definition) is 1. The topological polar surface area (TPSA) is 53.8 Å². The SMILES string of the molecule is CN(C)CCCNc1c2ccccc2nc2c1oc1ccc(OCC3CCN(C)CC3)cc12. The highest BCUT2D eigenvalue weighted by Crippen LogP contribution is 2.38. The zero-order valence-corrected chi connectivity index (χ0v) is 19.9. The Balaban J connectivity index is 1.45. The van der Waals surface area contributed by atoms with Crippen molar-refractivity contribution in [3.8, 4) is 5.75 Å². The highest BCUT2D eigenvalue weighted by Gasteiger charge is 2.19. The maximum atomic E-state index is 6.33. The number of pyridine rings is 1. The lowest BCUT2D eigenvalue weighted by atomic mass is 9.98. The summed E-state index contributed by atoms with van der Waals surface area (Å²) >= 11 is 0. The van der Waals surface area contributed by atoms with Crippen molar-refractivity contribution in [3.05, 3.63) is 42.5 Å². The van der Waals surface area contributed by atoms with Crippen molar-refractivity contribution < 1.29 is 9.15 Å². The van der Waals surface area contributed by atoms with E-state index in [0.717, 1.165) is 83.6 Å². The van der Waals surface area contributed by atoms with Gasteiger partial charge in [-0.05, 0) is 90.2 Å². The first-order valence-corrected chi connectivity index (χ1v) is 12.0. The third-order valence-corrected chi connectivity index (χ3v) is 6.67. The van der Waals surface area contributed by atoms with Crippen molar-refractivity contribution in [2.24, 2.45) is 5.92 Å². The number of rotatable bonds is 8. The molecule has 0 unspecified atom stereocenters. The average Bonchev–Trinajstić information content (AvgIpc) is 3.18. The molecule has 2 aromatic carbocycles. The molecule has 5 rings (SSSR count). The quantitative estimate of drug-likeness (QED) is 0.375. The largest absolute Gasteiger partial charge is 0.493 e. The molecule has 0 atom stereocenters. The lowest BCUT2D eigenvalue weighted by Gasteiger charge is -2.28. The molecule has 1 saturated heterocycles. The summed E-state index contributed by atoms with van der Waals surface area (Å²) in [6, 6.07) is 14.4. The molecule has 3 heterocycles. The van der Waals surface area contributed by atoms with Crippen LogP contribution >= 0.6 is 0 Å². The summed E-state index contributed by atoms with van der Waals surface area (Å²) in [6.45, 7) is 4.99. The molecule has 0 aliphatic carbocycles. The maximum Gasteiger partial charge on any atom is 0.177 e. The first kappa shape index (κ1) is 22.0. The highest BCUT2D eigenvalue weighted by atomic mass is 16.5. The van der Waals surface area contributed by atoms with Crippen LogP contribution in [0, 0.1) is 5.92 Å². The molecule has 174 valence electrons. The van der Waals surface area contributed by atoms with Gasteiger partial charge in [0.2, 0.25) is 0 Å². The number of para-hydroxylation sites is 1. The van der Waals surface area contributed by atoms with E-state index in [1.807, 2.05) is 18.2 Å². The van der Waals surface area contributed by atoms with Gasteiger partial charge in [-0.25, -0.2) is 4.98 Å². The number of piperidine rings is 1. The Labute approximate surface area is 195 Å². The van der Waals surface area contributed by atoms with E-state index in [2.05, 4.69) is 60.5 Å². The van der Waals surface area contributed by atoms with Crippen molar-refractivity contribution in [2.45, 2.75) is 19.3 Å². The molecule has 0 saturated carbocycles. The number of anilines is 1. The third kappa shape index (κ3) is 4.77. The summed E-state index contributed by atoms with van der Waals surface area (Å²) in [4.78, 5) is 9.58. The minimum absolute atomic E-state index is 0.623. The average molecular weight is 447 g/mol. The first-order valence-electron chi connectivity index (χ1n) is 12.0. The van der Waals surface area contributed by atoms with Gasteiger partial charge in [0.25, 0.3) is 0 Å². The Hall–Kier alpha value is -2.83. The van der Waals surface area contributed by atoms with E-state index in [4.69, 9.17) is 14.1 Å². The normalized spacial score (nSPS) is 15.8. The fourth-order valence-electron chi connectivity index (χ4n) is 4.69. The van der Waals surface area contributed by atoms with Gasteiger partial charge in [0.05, 0.1) is 23.2 Å². The van der Waals surface area contributed by atoms with Crippen molar-refractivity contribution in [2.75, 3.05) is 59.2 Å². The molecule has 0 amide bonds. The van der Waals surface area contributed by atoms with Gasteiger partial charge in [-0.1, -0.05) is 18.2 Å². The second kappa shape index (κ2) is 9.57. The lowest BCUT2D eigenvalue weighted by Crippen LogP contribution is -2.32. The summed E-state index contributed by atoms with van der Waals surface area (Å²) in [5, 5.41) is 5.74. The predicted octanol–water partition coefficient (Wildman–Crippen LogP) is 5.22.